The summed E-state index contributed by atoms with van der Waals surface area (Å²) in [5.41, 5.74) is -1.75. The largest absolute Gasteiger partial charge is 0.481 e. The van der Waals surface area contributed by atoms with Gasteiger partial charge < -0.3 is 19.7 Å². The van der Waals surface area contributed by atoms with Crippen molar-refractivity contribution in [2.75, 3.05) is 0 Å². The standard InChI is InChI=1S/C49H76O12/c1-7-8-9-15-19-32(35-28-39(52)58-43(35)53)22-24-34(20-16-13-11-10-12-14-17-21-38(50)51)60-61-49(6)30-36(42(49)31(2)3)41-40(44(54)59-45(41)55)33-23-25-37-47(4,29-33)26-18-27-48(37,5)46(56)57/h15,19,31-37,40-42H,7-14,16-18,20-30H2,1-6H3,(H,50,51)(H,56,57)/b19-15+. The fourth-order valence-corrected chi connectivity index (χ4v) is 12.8. The molecular weight excluding hydrogens is 781 g/mol. The maximum absolute atomic E-state index is 13.7. The number of esters is 4. The van der Waals surface area contributed by atoms with Gasteiger partial charge in [-0.25, -0.2) is 9.78 Å². The first-order valence-electron chi connectivity index (χ1n) is 23.9. The van der Waals surface area contributed by atoms with E-state index in [1.165, 1.54) is 0 Å². The highest BCUT2D eigenvalue weighted by Crippen LogP contribution is 2.63. The molecule has 12 heteroatoms. The number of aliphatic carboxylic acids is 2. The summed E-state index contributed by atoms with van der Waals surface area (Å²) in [6.07, 6.45) is 20.7. The SMILES string of the molecule is CCCC/C=C/C(CCC(CCCCCCCCCC(=O)O)OOC1(C)CC(C2C(=O)OC(=O)C2C2CCC3C(C)(CCCC3(C)C(=O)O)C2)C1C(C)C)C1CC(=O)OC1=O. The van der Waals surface area contributed by atoms with Crippen molar-refractivity contribution in [3.05, 3.63) is 12.2 Å². The van der Waals surface area contributed by atoms with Crippen molar-refractivity contribution in [3.8, 4) is 0 Å². The summed E-state index contributed by atoms with van der Waals surface area (Å²) >= 11 is 0. The van der Waals surface area contributed by atoms with Crippen LogP contribution in [0.1, 0.15) is 183 Å². The summed E-state index contributed by atoms with van der Waals surface area (Å²) in [6, 6.07) is 0. The van der Waals surface area contributed by atoms with E-state index in [2.05, 4.69) is 39.8 Å². The van der Waals surface area contributed by atoms with Gasteiger partial charge in [-0.1, -0.05) is 97.6 Å². The van der Waals surface area contributed by atoms with Gasteiger partial charge in [-0.3, -0.25) is 28.8 Å². The van der Waals surface area contributed by atoms with E-state index in [0.29, 0.717) is 51.4 Å². The third-order valence-corrected chi connectivity index (χ3v) is 15.9. The number of hydrogen-bond donors (Lipinski definition) is 2. The second-order valence-electron chi connectivity index (χ2n) is 20.7. The predicted octanol–water partition coefficient (Wildman–Crippen LogP) is 10.2. The molecule has 5 fully saturated rings. The molecule has 0 radical (unpaired) electrons. The molecule has 0 amide bonds. The normalized spacial score (nSPS) is 34.9. The molecule has 12 atom stereocenters. The molecule has 2 aliphatic heterocycles. The van der Waals surface area contributed by atoms with E-state index in [1.54, 1.807) is 0 Å². The first kappa shape index (κ1) is 48.9. The van der Waals surface area contributed by atoms with Gasteiger partial charge in [-0.05, 0) is 125 Å². The molecule has 12 nitrogen and oxygen atoms in total. The van der Waals surface area contributed by atoms with Crippen molar-refractivity contribution in [3.63, 3.8) is 0 Å². The van der Waals surface area contributed by atoms with Gasteiger partial charge in [0.1, 0.15) is 5.60 Å². The molecule has 2 heterocycles. The maximum atomic E-state index is 13.7. The van der Waals surface area contributed by atoms with E-state index < -0.39 is 64.6 Å². The highest BCUT2D eigenvalue weighted by atomic mass is 17.2. The molecule has 0 spiro atoms. The lowest BCUT2D eigenvalue weighted by atomic mass is 9.47. The number of rotatable bonds is 25. The van der Waals surface area contributed by atoms with Crippen LogP contribution in [-0.2, 0) is 48.0 Å². The van der Waals surface area contributed by atoms with E-state index in [9.17, 15) is 33.9 Å². The first-order chi connectivity index (χ1) is 28.9. The molecule has 2 saturated heterocycles. The first-order valence-corrected chi connectivity index (χ1v) is 23.9. The van der Waals surface area contributed by atoms with Crippen molar-refractivity contribution in [1.29, 1.82) is 0 Å². The van der Waals surface area contributed by atoms with Gasteiger partial charge in [0.05, 0.1) is 35.7 Å². The number of allylic oxidation sites excluding steroid dienone is 2. The van der Waals surface area contributed by atoms with Crippen LogP contribution in [-0.4, -0.2) is 57.7 Å². The molecule has 3 saturated carbocycles. The van der Waals surface area contributed by atoms with Crippen molar-refractivity contribution in [2.45, 2.75) is 195 Å². The minimum absolute atomic E-state index is 0.0141. The number of carboxylic acid groups (broad SMARTS) is 2. The summed E-state index contributed by atoms with van der Waals surface area (Å²) in [5, 5.41) is 19.2. The highest BCUT2D eigenvalue weighted by molar-refractivity contribution is 5.97. The van der Waals surface area contributed by atoms with Gasteiger partial charge in [0.15, 0.2) is 0 Å². The summed E-state index contributed by atoms with van der Waals surface area (Å²) in [4.78, 5) is 88.5. The average Bonchev–Trinajstić information content (AvgIpc) is 3.68. The number of ether oxygens (including phenoxy) is 2. The van der Waals surface area contributed by atoms with Crippen LogP contribution in [0.5, 0.6) is 0 Å². The van der Waals surface area contributed by atoms with Crippen LogP contribution in [0.15, 0.2) is 12.2 Å². The number of cyclic esters (lactones) is 4. The number of fused-ring (bicyclic) bond motifs is 1. The third kappa shape index (κ3) is 11.7. The van der Waals surface area contributed by atoms with E-state index in [1.807, 2.05) is 13.8 Å². The fraction of sp³-hybridized carbons (Fsp3) is 0.837. The molecule has 0 bridgehead atoms. The van der Waals surface area contributed by atoms with Gasteiger partial charge in [-0.15, -0.1) is 0 Å². The molecule has 5 rings (SSSR count). The monoisotopic (exact) mass is 857 g/mol. The second-order valence-corrected chi connectivity index (χ2v) is 20.7. The number of carbonyl (C=O) groups is 6. The van der Waals surface area contributed by atoms with E-state index in [-0.39, 0.29) is 59.9 Å². The quantitative estimate of drug-likeness (QED) is 0.0222. The van der Waals surface area contributed by atoms with Gasteiger partial charge in [0, 0.05) is 6.42 Å². The molecule has 12 unspecified atom stereocenters. The van der Waals surface area contributed by atoms with E-state index in [0.717, 1.165) is 77.0 Å². The summed E-state index contributed by atoms with van der Waals surface area (Å²) in [6.45, 7) is 12.5. The molecular formula is C49H76O12. The van der Waals surface area contributed by atoms with Crippen molar-refractivity contribution < 1.29 is 58.2 Å². The lowest BCUT2D eigenvalue weighted by Crippen LogP contribution is -2.60. The lowest BCUT2D eigenvalue weighted by molar-refractivity contribution is -0.423. The fourth-order valence-electron chi connectivity index (χ4n) is 12.8. The van der Waals surface area contributed by atoms with Crippen LogP contribution in [0.3, 0.4) is 0 Å². The Bertz CT molecular complexity index is 1590. The summed E-state index contributed by atoms with van der Waals surface area (Å²) in [5.74, 6) is -5.40. The van der Waals surface area contributed by atoms with Crippen LogP contribution in [0.2, 0.25) is 0 Å². The molecule has 344 valence electrons. The van der Waals surface area contributed by atoms with Crippen molar-refractivity contribution in [2.24, 2.45) is 64.1 Å². The van der Waals surface area contributed by atoms with Crippen molar-refractivity contribution >= 4 is 35.8 Å². The highest BCUT2D eigenvalue weighted by Gasteiger charge is 2.65. The summed E-state index contributed by atoms with van der Waals surface area (Å²) in [7, 11) is 0. The van der Waals surface area contributed by atoms with E-state index >= 15 is 0 Å². The molecule has 2 N–H and O–H groups in total. The Labute approximate surface area is 363 Å². The van der Waals surface area contributed by atoms with Gasteiger partial charge >= 0.3 is 35.8 Å². The Hall–Kier alpha value is -3.12. The van der Waals surface area contributed by atoms with Crippen LogP contribution in [0.4, 0.5) is 0 Å². The Morgan fingerprint density at radius 2 is 1.51 bits per heavy atom. The smallest absolute Gasteiger partial charge is 0.317 e. The van der Waals surface area contributed by atoms with Crippen molar-refractivity contribution in [1.82, 2.24) is 0 Å². The zero-order valence-electron chi connectivity index (χ0n) is 38.0. The molecule has 61 heavy (non-hydrogen) atoms. The van der Waals surface area contributed by atoms with Gasteiger partial charge in [0.2, 0.25) is 0 Å². The Morgan fingerprint density at radius 1 is 0.820 bits per heavy atom. The molecule has 5 aliphatic rings. The number of carboxylic acids is 2. The number of carbonyl (C=O) groups excluding carboxylic acids is 4. The molecule has 0 aromatic carbocycles. The zero-order chi connectivity index (χ0) is 44.5. The van der Waals surface area contributed by atoms with Crippen LogP contribution >= 0.6 is 0 Å². The third-order valence-electron chi connectivity index (χ3n) is 15.9. The Kier molecular flexibility index (Phi) is 17.2. The van der Waals surface area contributed by atoms with Crippen LogP contribution in [0.25, 0.3) is 0 Å². The zero-order valence-corrected chi connectivity index (χ0v) is 38.0. The Morgan fingerprint density at radius 3 is 2.15 bits per heavy atom. The number of hydrogen-bond acceptors (Lipinski definition) is 10. The average molecular weight is 857 g/mol. The maximum Gasteiger partial charge on any atom is 0.317 e. The Balaban J connectivity index is 1.26. The predicted molar refractivity (Wildman–Crippen MR) is 227 cm³/mol. The van der Waals surface area contributed by atoms with Gasteiger partial charge in [-0.2, -0.15) is 0 Å². The summed E-state index contributed by atoms with van der Waals surface area (Å²) < 4.78 is 10.4. The second kappa shape index (κ2) is 21.5. The molecule has 0 aromatic rings. The number of unbranched alkanes of at least 4 members (excludes halogenated alkanes) is 8. The van der Waals surface area contributed by atoms with Crippen LogP contribution in [0, 0.1) is 64.1 Å². The van der Waals surface area contributed by atoms with E-state index in [4.69, 9.17) is 24.4 Å². The molecule has 3 aliphatic carbocycles. The lowest BCUT2D eigenvalue weighted by Gasteiger charge is -2.57. The minimum Gasteiger partial charge on any atom is -0.481 e. The minimum atomic E-state index is -0.796. The molecule has 0 aromatic heterocycles. The van der Waals surface area contributed by atoms with Crippen LogP contribution < -0.4 is 0 Å². The van der Waals surface area contributed by atoms with Gasteiger partial charge in [0.25, 0.3) is 0 Å². The topological polar surface area (TPSA) is 180 Å².